The summed E-state index contributed by atoms with van der Waals surface area (Å²) in [6, 6.07) is 14.9. The molecular formula is C23H28N4O2. The van der Waals surface area contributed by atoms with Crippen LogP contribution in [0.3, 0.4) is 0 Å². The molecule has 1 aliphatic heterocycles. The van der Waals surface area contributed by atoms with Gasteiger partial charge in [-0.15, -0.1) is 6.58 Å². The first kappa shape index (κ1) is 20.5. The van der Waals surface area contributed by atoms with Crippen LogP contribution in [0.15, 0.2) is 61.2 Å². The Balaban J connectivity index is 1.60. The van der Waals surface area contributed by atoms with E-state index in [1.165, 1.54) is 18.5 Å². The molecule has 152 valence electrons. The minimum atomic E-state index is -0.190. The minimum Gasteiger partial charge on any atom is -0.371 e. The third kappa shape index (κ3) is 5.38. The van der Waals surface area contributed by atoms with Crippen LogP contribution in [0.4, 0.5) is 16.2 Å². The molecule has 2 N–H and O–H groups in total. The number of hydrogen-bond donors (Lipinski definition) is 2. The molecule has 0 saturated carbocycles. The van der Waals surface area contributed by atoms with E-state index in [4.69, 9.17) is 0 Å². The second-order valence-electron chi connectivity index (χ2n) is 7.19. The summed E-state index contributed by atoms with van der Waals surface area (Å²) in [4.78, 5) is 28.6. The molecule has 0 bridgehead atoms. The van der Waals surface area contributed by atoms with Crippen molar-refractivity contribution < 1.29 is 9.59 Å². The Bertz CT molecular complexity index is 857. The highest BCUT2D eigenvalue weighted by molar-refractivity contribution is 5.95. The van der Waals surface area contributed by atoms with E-state index in [-0.39, 0.29) is 11.9 Å². The SMILES string of the molecule is C=CCNC(=O)c1ccc(NC(=O)N(C)Cc2ccccc2N2CCCC2)cc1. The number of nitrogens with zero attached hydrogens (tertiary/aromatic N) is 2. The maximum atomic E-state index is 12.6. The van der Waals surface area contributed by atoms with Crippen molar-refractivity contribution in [2.75, 3.05) is 36.9 Å². The number of carbonyl (C=O) groups is 2. The van der Waals surface area contributed by atoms with E-state index in [1.807, 2.05) is 12.1 Å². The topological polar surface area (TPSA) is 64.7 Å². The molecule has 0 unspecified atom stereocenters. The standard InChI is InChI=1S/C23H28N4O2/c1-3-14-24-22(28)18-10-12-20(13-11-18)25-23(29)26(2)17-19-8-4-5-9-21(19)27-15-6-7-16-27/h3-5,8-13H,1,6-7,14-17H2,2H3,(H,24,28)(H,25,29). The van der Waals surface area contributed by atoms with Crippen LogP contribution >= 0.6 is 0 Å². The highest BCUT2D eigenvalue weighted by Crippen LogP contribution is 2.25. The summed E-state index contributed by atoms with van der Waals surface area (Å²) in [6.45, 7) is 6.66. The van der Waals surface area contributed by atoms with Gasteiger partial charge in [-0.2, -0.15) is 0 Å². The Kier molecular flexibility index (Phi) is 6.89. The maximum absolute atomic E-state index is 12.6. The van der Waals surface area contributed by atoms with Crippen LogP contribution in [0.25, 0.3) is 0 Å². The van der Waals surface area contributed by atoms with Gasteiger partial charge >= 0.3 is 6.03 Å². The van der Waals surface area contributed by atoms with Crippen LogP contribution in [0, 0.1) is 0 Å². The van der Waals surface area contributed by atoms with Crippen molar-refractivity contribution >= 4 is 23.3 Å². The van der Waals surface area contributed by atoms with Gasteiger partial charge in [-0.3, -0.25) is 4.79 Å². The van der Waals surface area contributed by atoms with E-state index in [0.29, 0.717) is 24.3 Å². The molecule has 3 rings (SSSR count). The fraction of sp³-hybridized carbons (Fsp3) is 0.304. The minimum absolute atomic E-state index is 0.168. The summed E-state index contributed by atoms with van der Waals surface area (Å²) in [5.74, 6) is -0.168. The summed E-state index contributed by atoms with van der Waals surface area (Å²) in [7, 11) is 1.78. The zero-order valence-corrected chi connectivity index (χ0v) is 16.9. The first-order valence-electron chi connectivity index (χ1n) is 9.92. The lowest BCUT2D eigenvalue weighted by Crippen LogP contribution is -2.31. The van der Waals surface area contributed by atoms with E-state index in [9.17, 15) is 9.59 Å². The van der Waals surface area contributed by atoms with Crippen molar-refractivity contribution in [1.82, 2.24) is 10.2 Å². The number of hydrogen-bond acceptors (Lipinski definition) is 3. The number of amides is 3. The van der Waals surface area contributed by atoms with Crippen molar-refractivity contribution in [3.8, 4) is 0 Å². The molecule has 1 saturated heterocycles. The predicted octanol–water partition coefficient (Wildman–Crippen LogP) is 3.87. The van der Waals surface area contributed by atoms with Gasteiger partial charge in [0.15, 0.2) is 0 Å². The van der Waals surface area contributed by atoms with Crippen molar-refractivity contribution in [1.29, 1.82) is 0 Å². The Labute approximate surface area is 172 Å². The number of urea groups is 1. The van der Waals surface area contributed by atoms with E-state index in [2.05, 4.69) is 34.2 Å². The molecule has 1 heterocycles. The quantitative estimate of drug-likeness (QED) is 0.703. The van der Waals surface area contributed by atoms with E-state index in [0.717, 1.165) is 18.7 Å². The lowest BCUT2D eigenvalue weighted by Gasteiger charge is -2.24. The number of carbonyl (C=O) groups excluding carboxylic acids is 2. The first-order valence-corrected chi connectivity index (χ1v) is 9.92. The fourth-order valence-electron chi connectivity index (χ4n) is 3.43. The van der Waals surface area contributed by atoms with E-state index >= 15 is 0 Å². The van der Waals surface area contributed by atoms with Crippen LogP contribution in [0.1, 0.15) is 28.8 Å². The Morgan fingerprint density at radius 1 is 1.10 bits per heavy atom. The van der Waals surface area contributed by atoms with Gasteiger partial charge in [0.25, 0.3) is 5.91 Å². The maximum Gasteiger partial charge on any atom is 0.321 e. The van der Waals surface area contributed by atoms with Crippen molar-refractivity contribution in [3.05, 3.63) is 72.3 Å². The molecular weight excluding hydrogens is 364 g/mol. The summed E-state index contributed by atoms with van der Waals surface area (Å²) in [6.07, 6.45) is 4.06. The van der Waals surface area contributed by atoms with Crippen LogP contribution in [-0.2, 0) is 6.54 Å². The molecule has 1 fully saturated rings. The summed E-state index contributed by atoms with van der Waals surface area (Å²) < 4.78 is 0. The molecule has 0 aliphatic carbocycles. The fourth-order valence-corrected chi connectivity index (χ4v) is 3.43. The molecule has 2 aromatic rings. The molecule has 0 spiro atoms. The molecule has 1 aliphatic rings. The Hall–Kier alpha value is -3.28. The van der Waals surface area contributed by atoms with Crippen molar-refractivity contribution in [2.45, 2.75) is 19.4 Å². The van der Waals surface area contributed by atoms with Crippen LogP contribution < -0.4 is 15.5 Å². The van der Waals surface area contributed by atoms with Gasteiger partial charge in [0.2, 0.25) is 0 Å². The molecule has 0 atom stereocenters. The third-order valence-corrected chi connectivity index (χ3v) is 5.00. The smallest absolute Gasteiger partial charge is 0.321 e. The molecule has 2 aromatic carbocycles. The average Bonchev–Trinajstić information content (AvgIpc) is 3.27. The Morgan fingerprint density at radius 2 is 1.79 bits per heavy atom. The van der Waals surface area contributed by atoms with Gasteiger partial charge in [0.1, 0.15) is 0 Å². The normalized spacial score (nSPS) is 13.1. The molecule has 6 heteroatoms. The summed E-state index contributed by atoms with van der Waals surface area (Å²) >= 11 is 0. The van der Waals surface area contributed by atoms with Crippen LogP contribution in [-0.4, -0.2) is 43.5 Å². The molecule has 0 radical (unpaired) electrons. The number of nitrogens with one attached hydrogen (secondary N) is 2. The zero-order valence-electron chi connectivity index (χ0n) is 16.9. The number of rotatable bonds is 7. The highest BCUT2D eigenvalue weighted by atomic mass is 16.2. The van der Waals surface area contributed by atoms with Gasteiger partial charge < -0.3 is 20.4 Å². The number of anilines is 2. The largest absolute Gasteiger partial charge is 0.371 e. The highest BCUT2D eigenvalue weighted by Gasteiger charge is 2.17. The summed E-state index contributed by atoms with van der Waals surface area (Å²) in [5, 5.41) is 5.61. The lowest BCUT2D eigenvalue weighted by molar-refractivity contribution is 0.0958. The monoisotopic (exact) mass is 392 g/mol. The zero-order chi connectivity index (χ0) is 20.6. The molecule has 0 aromatic heterocycles. The summed E-state index contributed by atoms with van der Waals surface area (Å²) in [5.41, 5.74) is 3.54. The second-order valence-corrected chi connectivity index (χ2v) is 7.19. The Morgan fingerprint density at radius 3 is 2.48 bits per heavy atom. The molecule has 3 amide bonds. The van der Waals surface area contributed by atoms with E-state index < -0.39 is 0 Å². The van der Waals surface area contributed by atoms with Gasteiger partial charge in [-0.25, -0.2) is 4.79 Å². The average molecular weight is 393 g/mol. The van der Waals surface area contributed by atoms with Gasteiger partial charge in [-0.1, -0.05) is 24.3 Å². The third-order valence-electron chi connectivity index (χ3n) is 5.00. The van der Waals surface area contributed by atoms with Gasteiger partial charge in [0, 0.05) is 50.2 Å². The van der Waals surface area contributed by atoms with Crippen molar-refractivity contribution in [2.24, 2.45) is 0 Å². The van der Waals surface area contributed by atoms with Gasteiger partial charge in [0.05, 0.1) is 0 Å². The van der Waals surface area contributed by atoms with Crippen LogP contribution in [0.5, 0.6) is 0 Å². The number of para-hydroxylation sites is 1. The second kappa shape index (κ2) is 9.78. The first-order chi connectivity index (χ1) is 14.1. The number of benzene rings is 2. The predicted molar refractivity (Wildman–Crippen MR) is 117 cm³/mol. The van der Waals surface area contributed by atoms with Crippen molar-refractivity contribution in [3.63, 3.8) is 0 Å². The molecule has 29 heavy (non-hydrogen) atoms. The van der Waals surface area contributed by atoms with Gasteiger partial charge in [-0.05, 0) is 48.7 Å². The molecule has 6 nitrogen and oxygen atoms in total. The van der Waals surface area contributed by atoms with Crippen LogP contribution in [0.2, 0.25) is 0 Å². The lowest BCUT2D eigenvalue weighted by atomic mass is 10.1. The van der Waals surface area contributed by atoms with E-state index in [1.54, 1.807) is 42.3 Å².